The topological polar surface area (TPSA) is 166 Å². The van der Waals surface area contributed by atoms with Gasteiger partial charge in [0, 0.05) is 31.5 Å². The third-order valence-electron chi connectivity index (χ3n) is 6.14. The Hall–Kier alpha value is -2.34. The summed E-state index contributed by atoms with van der Waals surface area (Å²) in [6.07, 6.45) is 0.889. The van der Waals surface area contributed by atoms with E-state index in [4.69, 9.17) is 10.5 Å². The minimum atomic E-state index is -1.50. The number of nitrogens with two attached hydrogens (primary N) is 1. The van der Waals surface area contributed by atoms with Crippen LogP contribution in [0.5, 0.6) is 11.5 Å². The molecular weight excluding hydrogens is 381 g/mol. The number of aromatic carboxylic acids is 1. The Labute approximate surface area is 167 Å². The summed E-state index contributed by atoms with van der Waals surface area (Å²) in [4.78, 5) is 25.1. The summed E-state index contributed by atoms with van der Waals surface area (Å²) >= 11 is 0. The third-order valence-corrected chi connectivity index (χ3v) is 6.14. The van der Waals surface area contributed by atoms with E-state index >= 15 is 0 Å². The monoisotopic (exact) mass is 405 g/mol. The number of nitrogens with zero attached hydrogens (tertiary/aromatic N) is 1. The molecule has 2 saturated heterocycles. The molecule has 2 heterocycles. The number of amides is 1. The summed E-state index contributed by atoms with van der Waals surface area (Å²) in [5, 5.41) is 41.6. The Balaban J connectivity index is 1.40. The minimum absolute atomic E-state index is 0.0877. The van der Waals surface area contributed by atoms with E-state index in [9.17, 15) is 29.9 Å². The van der Waals surface area contributed by atoms with E-state index in [1.807, 2.05) is 0 Å². The summed E-state index contributed by atoms with van der Waals surface area (Å²) in [7, 11) is -1.50. The van der Waals surface area contributed by atoms with E-state index in [1.54, 1.807) is 6.07 Å². The highest BCUT2D eigenvalue weighted by atomic mass is 16.5. The molecule has 3 fully saturated rings. The van der Waals surface area contributed by atoms with E-state index in [0.717, 1.165) is 0 Å². The van der Waals surface area contributed by atoms with Crippen LogP contribution in [0.1, 0.15) is 34.7 Å². The number of carboxylic acid groups (broad SMARTS) is 1. The first-order valence-corrected chi connectivity index (χ1v) is 9.65. The Morgan fingerprint density at radius 3 is 2.52 bits per heavy atom. The first-order chi connectivity index (χ1) is 13.8. The van der Waals surface area contributed by atoms with Crippen molar-refractivity contribution in [1.29, 1.82) is 0 Å². The molecule has 1 aromatic rings. The second kappa shape index (κ2) is 7.49. The van der Waals surface area contributed by atoms with Gasteiger partial charge >= 0.3 is 13.1 Å². The first kappa shape index (κ1) is 20.0. The average molecular weight is 405 g/mol. The summed E-state index contributed by atoms with van der Waals surface area (Å²) in [5.41, 5.74) is 5.40. The van der Waals surface area contributed by atoms with Crippen LogP contribution >= 0.6 is 0 Å². The molecule has 1 aromatic carbocycles. The summed E-state index contributed by atoms with van der Waals surface area (Å²) in [5.74, 6) is -2.66. The van der Waals surface area contributed by atoms with Gasteiger partial charge in [0.05, 0.1) is 6.04 Å². The summed E-state index contributed by atoms with van der Waals surface area (Å²) in [6.45, 7) is 1.83. The van der Waals surface area contributed by atoms with Gasteiger partial charge in [-0.2, -0.15) is 0 Å². The van der Waals surface area contributed by atoms with Crippen LogP contribution in [-0.2, 0) is 4.79 Å². The number of carboxylic acids is 1. The number of aromatic hydroxyl groups is 1. The smallest absolute Gasteiger partial charge is 0.455 e. The van der Waals surface area contributed by atoms with Gasteiger partial charge < -0.3 is 36.0 Å². The number of hydrogen-bond acceptors (Lipinski definition) is 8. The maximum absolute atomic E-state index is 11.7. The molecule has 11 heteroatoms. The van der Waals surface area contributed by atoms with Crippen molar-refractivity contribution in [2.24, 2.45) is 5.73 Å². The second-order valence-electron chi connectivity index (χ2n) is 8.05. The molecule has 2 aliphatic heterocycles. The lowest BCUT2D eigenvalue weighted by Gasteiger charge is -2.42. The van der Waals surface area contributed by atoms with E-state index in [-0.39, 0.29) is 47.1 Å². The van der Waals surface area contributed by atoms with Crippen molar-refractivity contribution >= 4 is 19.0 Å². The molecule has 29 heavy (non-hydrogen) atoms. The zero-order valence-electron chi connectivity index (χ0n) is 15.7. The van der Waals surface area contributed by atoms with E-state index in [0.29, 0.717) is 38.0 Å². The zero-order chi connectivity index (χ0) is 20.9. The van der Waals surface area contributed by atoms with Gasteiger partial charge in [-0.3, -0.25) is 9.69 Å². The largest absolute Gasteiger partial charge is 0.507 e. The quantitative estimate of drug-likeness (QED) is 0.302. The van der Waals surface area contributed by atoms with Crippen LogP contribution in [0.3, 0.4) is 0 Å². The van der Waals surface area contributed by atoms with Gasteiger partial charge in [-0.25, -0.2) is 4.79 Å². The maximum Gasteiger partial charge on any atom is 0.455 e. The highest BCUT2D eigenvalue weighted by molar-refractivity contribution is 6.44. The van der Waals surface area contributed by atoms with Crippen molar-refractivity contribution in [2.45, 2.75) is 42.8 Å². The number of carbonyl (C=O) groups excluding carboxylic acids is 1. The number of carbonyl (C=O) groups is 2. The van der Waals surface area contributed by atoms with Gasteiger partial charge in [0.25, 0.3) is 0 Å². The molecule has 0 unspecified atom stereocenters. The van der Waals surface area contributed by atoms with E-state index < -0.39 is 18.9 Å². The van der Waals surface area contributed by atoms with Gasteiger partial charge in [0.1, 0.15) is 23.2 Å². The van der Waals surface area contributed by atoms with Crippen molar-refractivity contribution in [3.63, 3.8) is 0 Å². The number of hydrogen-bond donors (Lipinski definition) is 6. The van der Waals surface area contributed by atoms with Gasteiger partial charge in [-0.15, -0.1) is 0 Å². The molecule has 1 saturated carbocycles. The molecule has 10 nitrogen and oxygen atoms in total. The Morgan fingerprint density at radius 2 is 1.97 bits per heavy atom. The number of primary amides is 1. The van der Waals surface area contributed by atoms with Crippen LogP contribution in [0.25, 0.3) is 0 Å². The molecule has 1 aliphatic carbocycles. The number of nitrogens with one attached hydrogen (secondary N) is 1. The lowest BCUT2D eigenvalue weighted by Crippen LogP contribution is -2.58. The molecule has 0 spiro atoms. The number of ether oxygens (including phenoxy) is 1. The lowest BCUT2D eigenvalue weighted by atomic mass is 9.81. The van der Waals surface area contributed by atoms with Crippen molar-refractivity contribution in [3.05, 3.63) is 23.3 Å². The first-order valence-electron chi connectivity index (χ1n) is 9.65. The number of rotatable bonds is 7. The number of phenols is 1. The molecule has 0 radical (unpaired) electrons. The van der Waals surface area contributed by atoms with Crippen LogP contribution < -0.4 is 15.8 Å². The van der Waals surface area contributed by atoms with Gasteiger partial charge in [0.2, 0.25) is 5.91 Å². The molecular formula is C18H24BN3O7. The standard InChI is InChI=1S/C18H24BN3O7/c20-17(24)13-3-8(5-21-13)22-6-9(7-22)29-14-2-1-10(11-4-12(11)19(27)28)16(23)15(14)18(25)26/h1-2,8-9,11-13,21,23,27-28H,3-7H2,(H2,20,24)(H,25,26)/t8-,11+,12+,13-/m1/s1. The second-order valence-corrected chi connectivity index (χ2v) is 8.05. The molecule has 0 aromatic heterocycles. The van der Waals surface area contributed by atoms with Crippen molar-refractivity contribution < 1.29 is 34.6 Å². The Kier molecular flexibility index (Phi) is 5.15. The predicted molar refractivity (Wildman–Crippen MR) is 102 cm³/mol. The number of benzene rings is 1. The minimum Gasteiger partial charge on any atom is -0.507 e. The molecule has 4 atom stereocenters. The fourth-order valence-corrected chi connectivity index (χ4v) is 4.33. The van der Waals surface area contributed by atoms with Crippen LogP contribution in [0.4, 0.5) is 0 Å². The predicted octanol–water partition coefficient (Wildman–Crippen LogP) is -1.30. The normalized spacial score (nSPS) is 29.3. The highest BCUT2D eigenvalue weighted by Gasteiger charge is 2.48. The van der Waals surface area contributed by atoms with E-state index in [1.165, 1.54) is 6.07 Å². The lowest BCUT2D eigenvalue weighted by molar-refractivity contribution is -0.119. The molecule has 3 aliphatic rings. The van der Waals surface area contributed by atoms with Crippen LogP contribution in [-0.4, -0.2) is 82.0 Å². The molecule has 0 bridgehead atoms. The van der Waals surface area contributed by atoms with Crippen molar-refractivity contribution in [2.75, 3.05) is 19.6 Å². The maximum atomic E-state index is 11.7. The highest BCUT2D eigenvalue weighted by Crippen LogP contribution is 2.56. The number of likely N-dealkylation sites (tertiary alicyclic amines) is 1. The summed E-state index contributed by atoms with van der Waals surface area (Å²) < 4.78 is 5.82. The van der Waals surface area contributed by atoms with E-state index in [2.05, 4.69) is 10.2 Å². The third kappa shape index (κ3) is 3.78. The van der Waals surface area contributed by atoms with Gasteiger partial charge in [-0.1, -0.05) is 6.07 Å². The molecule has 156 valence electrons. The molecule has 1 amide bonds. The van der Waals surface area contributed by atoms with Crippen LogP contribution in [0, 0.1) is 0 Å². The fraction of sp³-hybridized carbons (Fsp3) is 0.556. The Bertz CT molecular complexity index is 830. The zero-order valence-corrected chi connectivity index (χ0v) is 15.7. The Morgan fingerprint density at radius 1 is 1.24 bits per heavy atom. The SMILES string of the molecule is NC(=O)[C@H]1C[C@@H](N2CC(Oc3ccc([C@@H]4C[C@@H]4B(O)O)c(O)c3C(=O)O)C2)CN1. The van der Waals surface area contributed by atoms with Crippen LogP contribution in [0.2, 0.25) is 5.82 Å². The van der Waals surface area contributed by atoms with Gasteiger partial charge in [0.15, 0.2) is 0 Å². The molecule has 7 N–H and O–H groups in total. The van der Waals surface area contributed by atoms with Crippen LogP contribution in [0.15, 0.2) is 12.1 Å². The summed E-state index contributed by atoms with van der Waals surface area (Å²) in [6, 6.07) is 2.95. The fourth-order valence-electron chi connectivity index (χ4n) is 4.33. The molecule has 4 rings (SSSR count). The van der Waals surface area contributed by atoms with Gasteiger partial charge in [-0.05, 0) is 30.4 Å². The van der Waals surface area contributed by atoms with Crippen molar-refractivity contribution in [3.8, 4) is 11.5 Å². The average Bonchev–Trinajstić information content (AvgIpc) is 3.26. The van der Waals surface area contributed by atoms with Crippen molar-refractivity contribution in [1.82, 2.24) is 10.2 Å².